The van der Waals surface area contributed by atoms with E-state index in [1.165, 1.54) is 10.8 Å². The molecule has 0 saturated heterocycles. The van der Waals surface area contributed by atoms with Crippen molar-refractivity contribution in [3.8, 4) is 5.75 Å². The van der Waals surface area contributed by atoms with Crippen molar-refractivity contribution in [2.45, 2.75) is 6.04 Å². The van der Waals surface area contributed by atoms with Gasteiger partial charge in [-0.1, -0.05) is 121 Å². The zero-order valence-corrected chi connectivity index (χ0v) is 26.6. The van der Waals surface area contributed by atoms with Gasteiger partial charge < -0.3 is 20.3 Å². The van der Waals surface area contributed by atoms with Crippen LogP contribution in [0.4, 0.5) is 11.4 Å². The normalized spacial score (nSPS) is 15.6. The Morgan fingerprint density at radius 1 is 0.653 bits per heavy atom. The smallest absolute Gasteiger partial charge is 0.124 e. The number of hydrogen-bond acceptors (Lipinski definition) is 4. The van der Waals surface area contributed by atoms with Crippen LogP contribution in [0.15, 0.2) is 175 Å². The quantitative estimate of drug-likeness (QED) is 0.138. The van der Waals surface area contributed by atoms with Gasteiger partial charge in [-0.15, -0.1) is 0 Å². The number of nitrogens with zero attached hydrogens (tertiary/aromatic N) is 1. The lowest BCUT2D eigenvalue weighted by Gasteiger charge is -2.41. The molecule has 0 spiro atoms. The Morgan fingerprint density at radius 3 is 2.29 bits per heavy atom. The summed E-state index contributed by atoms with van der Waals surface area (Å²) < 4.78 is 0. The highest BCUT2D eigenvalue weighted by molar-refractivity contribution is 6.25. The van der Waals surface area contributed by atoms with E-state index in [-0.39, 0.29) is 11.8 Å². The Morgan fingerprint density at radius 2 is 1.39 bits per heavy atom. The van der Waals surface area contributed by atoms with E-state index in [0.717, 1.165) is 66.8 Å². The Labute approximate surface area is 284 Å². The van der Waals surface area contributed by atoms with Crippen LogP contribution in [0, 0.1) is 5.41 Å². The minimum Gasteiger partial charge on any atom is -0.507 e. The molecule has 2 heterocycles. The van der Waals surface area contributed by atoms with Crippen LogP contribution in [0.1, 0.15) is 16.7 Å². The average molecular weight is 633 g/mol. The van der Waals surface area contributed by atoms with Gasteiger partial charge >= 0.3 is 0 Å². The molecule has 0 amide bonds. The summed E-state index contributed by atoms with van der Waals surface area (Å²) >= 11 is 0. The van der Waals surface area contributed by atoms with Crippen molar-refractivity contribution in [2.75, 3.05) is 10.2 Å². The summed E-state index contributed by atoms with van der Waals surface area (Å²) in [5.74, 6) is 0.231. The number of rotatable bonds is 6. The molecule has 9 rings (SSSR count). The summed E-state index contributed by atoms with van der Waals surface area (Å²) in [5, 5.41) is 28.9. The van der Waals surface area contributed by atoms with Crippen LogP contribution < -0.4 is 10.2 Å². The molecule has 4 N–H and O–H groups in total. The van der Waals surface area contributed by atoms with E-state index in [1.54, 1.807) is 6.07 Å². The summed E-state index contributed by atoms with van der Waals surface area (Å²) in [6.45, 7) is 0. The fourth-order valence-corrected chi connectivity index (χ4v) is 7.34. The third kappa shape index (κ3) is 4.75. The molecule has 7 aromatic rings. The second kappa shape index (κ2) is 11.6. The predicted octanol–water partition coefficient (Wildman–Crippen LogP) is 10.3. The number of nitrogens with one attached hydrogen (secondary N) is 3. The molecule has 0 bridgehead atoms. The van der Waals surface area contributed by atoms with Gasteiger partial charge in [-0.05, 0) is 53.4 Å². The minimum absolute atomic E-state index is 0.195. The number of anilines is 2. The first kappa shape index (κ1) is 28.6. The Bertz CT molecular complexity index is 2570. The lowest BCUT2D eigenvalue weighted by molar-refractivity contribution is 0.473. The molecule has 1 atom stereocenters. The van der Waals surface area contributed by atoms with Crippen LogP contribution in [-0.4, -0.2) is 21.8 Å². The van der Waals surface area contributed by atoms with E-state index >= 15 is 0 Å². The van der Waals surface area contributed by atoms with Gasteiger partial charge in [0.2, 0.25) is 0 Å². The number of phenols is 1. The molecule has 234 valence electrons. The molecular formula is C44H32N4O. The molecule has 49 heavy (non-hydrogen) atoms. The van der Waals surface area contributed by atoms with Gasteiger partial charge in [0.25, 0.3) is 0 Å². The summed E-state index contributed by atoms with van der Waals surface area (Å²) in [4.78, 5) is 5.98. The van der Waals surface area contributed by atoms with Crippen LogP contribution in [-0.2, 0) is 0 Å². The lowest BCUT2D eigenvalue weighted by Crippen LogP contribution is -2.41. The largest absolute Gasteiger partial charge is 0.507 e. The molecule has 5 nitrogen and oxygen atoms in total. The van der Waals surface area contributed by atoms with E-state index in [9.17, 15) is 10.5 Å². The predicted molar refractivity (Wildman–Crippen MR) is 203 cm³/mol. The van der Waals surface area contributed by atoms with Crippen LogP contribution in [0.2, 0.25) is 0 Å². The molecule has 0 radical (unpaired) electrons. The van der Waals surface area contributed by atoms with Crippen molar-refractivity contribution in [3.63, 3.8) is 0 Å². The molecule has 1 aliphatic heterocycles. The molecule has 1 aliphatic carbocycles. The Kier molecular flexibility index (Phi) is 6.76. The Hall–Kier alpha value is -6.59. The highest BCUT2D eigenvalue weighted by Crippen LogP contribution is 2.41. The fourth-order valence-electron chi connectivity index (χ4n) is 7.34. The summed E-state index contributed by atoms with van der Waals surface area (Å²) in [5.41, 5.74) is 9.74. The van der Waals surface area contributed by atoms with Gasteiger partial charge in [0.1, 0.15) is 5.75 Å². The summed E-state index contributed by atoms with van der Waals surface area (Å²) in [7, 11) is 0. The van der Waals surface area contributed by atoms with E-state index in [4.69, 9.17) is 0 Å². The lowest BCUT2D eigenvalue weighted by atomic mass is 9.90. The van der Waals surface area contributed by atoms with Crippen molar-refractivity contribution in [3.05, 3.63) is 192 Å². The standard InChI is InChI=1S/C44H32N4O/c45-41(36-20-11-19-32-33-26-24-28-12-4-5-16-31(28)42(33)47-43(32)36)34-17-6-8-21-37(34)46-38-22-10-13-29-25-27-39(35-18-7-9-23-40(35)49)48(44(29)38)30-14-2-1-3-15-30/h1-27,44-47,49H. The van der Waals surface area contributed by atoms with Gasteiger partial charge in [0.05, 0.1) is 28.5 Å². The second-order valence-corrected chi connectivity index (χ2v) is 12.4. The number of hydrogen-bond donors (Lipinski definition) is 4. The minimum atomic E-state index is -0.195. The maximum Gasteiger partial charge on any atom is 0.124 e. The second-order valence-electron chi connectivity index (χ2n) is 12.4. The van der Waals surface area contributed by atoms with Crippen LogP contribution in [0.25, 0.3) is 38.3 Å². The number of benzene rings is 6. The summed E-state index contributed by atoms with van der Waals surface area (Å²) in [6, 6.07) is 44.6. The first-order valence-electron chi connectivity index (χ1n) is 16.5. The maximum absolute atomic E-state index is 10.9. The van der Waals surface area contributed by atoms with Crippen LogP contribution >= 0.6 is 0 Å². The number of para-hydroxylation sites is 4. The van der Waals surface area contributed by atoms with Gasteiger partial charge in [-0.25, -0.2) is 0 Å². The number of fused-ring (bicyclic) bond motifs is 6. The fraction of sp³-hybridized carbons (Fsp3) is 0.0227. The van der Waals surface area contributed by atoms with Crippen molar-refractivity contribution in [1.29, 1.82) is 5.41 Å². The Balaban J connectivity index is 1.13. The van der Waals surface area contributed by atoms with E-state index in [2.05, 4.69) is 100 Å². The summed E-state index contributed by atoms with van der Waals surface area (Å²) in [6.07, 6.45) is 10.5. The topological polar surface area (TPSA) is 75.1 Å². The zero-order chi connectivity index (χ0) is 32.9. The van der Waals surface area contributed by atoms with Gasteiger partial charge in [0.15, 0.2) is 0 Å². The third-order valence-electron chi connectivity index (χ3n) is 9.62. The number of allylic oxidation sites excluding steroid dienone is 4. The number of aromatic hydroxyl groups is 1. The SMILES string of the molecule is N=C(c1ccccc1NC1=CC=CC2=CC=C(c3ccccc3O)N(c3ccccc3)C21)c1cccc2c1[nH]c1c3ccccc3ccc21. The molecule has 6 aromatic carbocycles. The van der Waals surface area contributed by atoms with Gasteiger partial charge in [0, 0.05) is 49.9 Å². The highest BCUT2D eigenvalue weighted by Gasteiger charge is 2.33. The molecule has 1 aromatic heterocycles. The van der Waals surface area contributed by atoms with Crippen molar-refractivity contribution < 1.29 is 5.11 Å². The van der Waals surface area contributed by atoms with E-state index in [1.807, 2.05) is 72.8 Å². The number of aromatic amines is 1. The first-order chi connectivity index (χ1) is 24.2. The van der Waals surface area contributed by atoms with Gasteiger partial charge in [-0.3, -0.25) is 5.41 Å². The first-order valence-corrected chi connectivity index (χ1v) is 16.5. The molecule has 5 heteroatoms. The molecule has 0 fully saturated rings. The maximum atomic E-state index is 10.9. The molecule has 2 aliphatic rings. The average Bonchev–Trinajstić information content (AvgIpc) is 3.55. The van der Waals surface area contributed by atoms with Crippen molar-refractivity contribution in [2.24, 2.45) is 0 Å². The molecular weight excluding hydrogens is 601 g/mol. The third-order valence-corrected chi connectivity index (χ3v) is 9.62. The van der Waals surface area contributed by atoms with Crippen LogP contribution in [0.5, 0.6) is 5.75 Å². The molecule has 0 saturated carbocycles. The number of phenolic OH excluding ortho intramolecular Hbond substituents is 1. The van der Waals surface area contributed by atoms with Crippen molar-refractivity contribution in [1.82, 2.24) is 4.98 Å². The monoisotopic (exact) mass is 632 g/mol. The highest BCUT2D eigenvalue weighted by atomic mass is 16.3. The van der Waals surface area contributed by atoms with E-state index in [0.29, 0.717) is 5.71 Å². The number of H-pyrrole nitrogens is 1. The zero-order valence-electron chi connectivity index (χ0n) is 26.6. The van der Waals surface area contributed by atoms with Gasteiger partial charge in [-0.2, -0.15) is 0 Å². The van der Waals surface area contributed by atoms with Crippen molar-refractivity contribution >= 4 is 55.4 Å². The molecule has 1 unspecified atom stereocenters. The van der Waals surface area contributed by atoms with Crippen LogP contribution in [0.3, 0.4) is 0 Å². The number of aromatic nitrogens is 1. The van der Waals surface area contributed by atoms with E-state index < -0.39 is 0 Å².